The number of hydrogen-bond donors (Lipinski definition) is 8. The van der Waals surface area contributed by atoms with Crippen LogP contribution in [0.15, 0.2) is 0 Å². The maximum atomic E-state index is 12.3. The van der Waals surface area contributed by atoms with Crippen molar-refractivity contribution >= 4 is 42.2 Å². The van der Waals surface area contributed by atoms with Crippen LogP contribution in [0.2, 0.25) is 0 Å². The van der Waals surface area contributed by atoms with E-state index in [1.54, 1.807) is 0 Å². The molecule has 0 saturated heterocycles. The van der Waals surface area contributed by atoms with E-state index in [1.807, 2.05) is 0 Å². The summed E-state index contributed by atoms with van der Waals surface area (Å²) in [4.78, 5) is 58.1. The van der Waals surface area contributed by atoms with E-state index in [1.165, 1.54) is 13.8 Å². The quantitative estimate of drug-likeness (QED) is 0.158. The zero-order chi connectivity index (χ0) is 21.3. The minimum Gasteiger partial charge on any atom is -0.480 e. The lowest BCUT2D eigenvalue weighted by atomic mass is 10.1. The van der Waals surface area contributed by atoms with Gasteiger partial charge in [-0.05, 0) is 13.8 Å². The minimum atomic E-state index is -1.44. The van der Waals surface area contributed by atoms with Crippen molar-refractivity contribution in [3.63, 3.8) is 0 Å². The Kier molecular flexibility index (Phi) is 10.4. The van der Waals surface area contributed by atoms with Crippen molar-refractivity contribution in [3.8, 4) is 0 Å². The van der Waals surface area contributed by atoms with Gasteiger partial charge in [0.25, 0.3) is 0 Å². The molecule has 0 aromatic carbocycles. The molecular weight excluding hydrogens is 382 g/mol. The van der Waals surface area contributed by atoms with Gasteiger partial charge in [-0.15, -0.1) is 0 Å². The van der Waals surface area contributed by atoms with Gasteiger partial charge in [0.2, 0.25) is 23.6 Å². The summed E-state index contributed by atoms with van der Waals surface area (Å²) in [6.07, 6.45) is -1.78. The second-order valence-electron chi connectivity index (χ2n) is 5.81. The van der Waals surface area contributed by atoms with Crippen LogP contribution in [0.1, 0.15) is 20.3 Å². The Balaban J connectivity index is 5.02. The van der Waals surface area contributed by atoms with E-state index in [0.29, 0.717) is 0 Å². The van der Waals surface area contributed by atoms with Gasteiger partial charge in [0.05, 0.1) is 12.5 Å². The lowest BCUT2D eigenvalue weighted by molar-refractivity contribution is -0.141. The molecular formula is C14H25N5O7S. The number of carbonyl (C=O) groups is 5. The van der Waals surface area contributed by atoms with Crippen LogP contribution in [-0.4, -0.2) is 75.8 Å². The number of carbonyl (C=O) groups excluding carboxylic acids is 4. The summed E-state index contributed by atoms with van der Waals surface area (Å²) >= 11 is 3.80. The summed E-state index contributed by atoms with van der Waals surface area (Å²) in [5.74, 6) is -5.00. The molecule has 5 atom stereocenters. The number of primary amides is 1. The van der Waals surface area contributed by atoms with E-state index in [0.717, 1.165) is 0 Å². The van der Waals surface area contributed by atoms with Crippen LogP contribution in [0.4, 0.5) is 0 Å². The monoisotopic (exact) mass is 407 g/mol. The van der Waals surface area contributed by atoms with Crippen LogP contribution in [0.25, 0.3) is 0 Å². The number of aliphatic hydroxyl groups is 1. The maximum absolute atomic E-state index is 12.3. The molecule has 13 heteroatoms. The Hall–Kier alpha value is -2.38. The lowest BCUT2D eigenvalue weighted by Gasteiger charge is -2.23. The first-order valence-corrected chi connectivity index (χ1v) is 8.50. The van der Waals surface area contributed by atoms with E-state index < -0.39 is 66.3 Å². The Bertz CT molecular complexity index is 586. The Morgan fingerprint density at radius 2 is 1.48 bits per heavy atom. The van der Waals surface area contributed by atoms with E-state index in [2.05, 4.69) is 28.6 Å². The van der Waals surface area contributed by atoms with Gasteiger partial charge in [-0.3, -0.25) is 19.2 Å². The number of rotatable bonds is 11. The molecule has 0 rings (SSSR count). The average molecular weight is 407 g/mol. The Morgan fingerprint density at radius 3 is 1.89 bits per heavy atom. The van der Waals surface area contributed by atoms with Crippen LogP contribution < -0.4 is 27.4 Å². The summed E-state index contributed by atoms with van der Waals surface area (Å²) in [5.41, 5.74) is 10.5. The zero-order valence-electron chi connectivity index (χ0n) is 14.8. The minimum absolute atomic E-state index is 0.167. The molecule has 0 aromatic rings. The third-order valence-corrected chi connectivity index (χ3v) is 3.78. The summed E-state index contributed by atoms with van der Waals surface area (Å²) in [5, 5.41) is 24.8. The van der Waals surface area contributed by atoms with Crippen LogP contribution >= 0.6 is 12.6 Å². The first-order valence-electron chi connectivity index (χ1n) is 7.87. The molecule has 0 aliphatic carbocycles. The lowest BCUT2D eigenvalue weighted by Crippen LogP contribution is -2.58. The SMILES string of the molecule is CC(NC(=O)C(CC(N)=O)NC(=O)C(N)C(C)O)C(=O)NC(CS)C(=O)O. The highest BCUT2D eigenvalue weighted by Gasteiger charge is 2.29. The standard InChI is InChI=1S/C14H25N5O7S/c1-5(11(22)19-8(4-27)14(25)26)17-12(23)7(3-9(15)21)18-13(24)10(16)6(2)20/h5-8,10,20,27H,3-4,16H2,1-2H3,(H2,15,21)(H,17,23)(H,18,24)(H,19,22)(H,25,26). The second-order valence-corrected chi connectivity index (χ2v) is 6.18. The third kappa shape index (κ3) is 8.70. The number of carboxylic acids is 1. The number of nitrogens with two attached hydrogens (primary N) is 2. The van der Waals surface area contributed by atoms with Crippen molar-refractivity contribution in [1.82, 2.24) is 16.0 Å². The predicted octanol–water partition coefficient (Wildman–Crippen LogP) is -3.94. The van der Waals surface area contributed by atoms with Crippen LogP contribution in [0.5, 0.6) is 0 Å². The highest BCUT2D eigenvalue weighted by molar-refractivity contribution is 7.80. The maximum Gasteiger partial charge on any atom is 0.327 e. The van der Waals surface area contributed by atoms with Crippen LogP contribution in [0.3, 0.4) is 0 Å². The number of amides is 4. The number of aliphatic carboxylic acids is 1. The van der Waals surface area contributed by atoms with Crippen molar-refractivity contribution in [2.24, 2.45) is 11.5 Å². The van der Waals surface area contributed by atoms with Crippen molar-refractivity contribution < 1.29 is 34.2 Å². The molecule has 0 aliphatic heterocycles. The molecule has 0 bridgehead atoms. The van der Waals surface area contributed by atoms with Crippen LogP contribution in [-0.2, 0) is 24.0 Å². The molecule has 154 valence electrons. The summed E-state index contributed by atoms with van der Waals surface area (Å²) in [6.45, 7) is 2.54. The smallest absolute Gasteiger partial charge is 0.327 e. The summed E-state index contributed by atoms with van der Waals surface area (Å²) in [7, 11) is 0. The van der Waals surface area contributed by atoms with Gasteiger partial charge in [-0.25, -0.2) is 4.79 Å². The van der Waals surface area contributed by atoms with Crippen molar-refractivity contribution in [3.05, 3.63) is 0 Å². The first kappa shape index (κ1) is 24.6. The van der Waals surface area contributed by atoms with Crippen LogP contribution in [0, 0.1) is 0 Å². The van der Waals surface area contributed by atoms with E-state index >= 15 is 0 Å². The number of thiol groups is 1. The molecule has 0 heterocycles. The largest absolute Gasteiger partial charge is 0.480 e. The number of nitrogens with one attached hydrogen (secondary N) is 3. The molecule has 0 fully saturated rings. The van der Waals surface area contributed by atoms with Gasteiger partial charge >= 0.3 is 5.97 Å². The normalized spacial score (nSPS) is 16.2. The van der Waals surface area contributed by atoms with Gasteiger partial charge < -0.3 is 37.6 Å². The third-order valence-electron chi connectivity index (χ3n) is 3.41. The van der Waals surface area contributed by atoms with E-state index in [4.69, 9.17) is 16.6 Å². The van der Waals surface area contributed by atoms with Crippen molar-refractivity contribution in [1.29, 1.82) is 0 Å². The molecule has 0 aliphatic rings. The van der Waals surface area contributed by atoms with Gasteiger partial charge in [0, 0.05) is 5.75 Å². The van der Waals surface area contributed by atoms with E-state index in [9.17, 15) is 29.1 Å². The second kappa shape index (κ2) is 11.4. The van der Waals surface area contributed by atoms with Crippen molar-refractivity contribution in [2.75, 3.05) is 5.75 Å². The molecule has 0 saturated carbocycles. The summed E-state index contributed by atoms with van der Waals surface area (Å²) in [6, 6.07) is -5.22. The van der Waals surface area contributed by atoms with Gasteiger partial charge in [0.15, 0.2) is 0 Å². The molecule has 0 radical (unpaired) electrons. The fourth-order valence-electron chi connectivity index (χ4n) is 1.76. The van der Waals surface area contributed by atoms with Gasteiger partial charge in [-0.2, -0.15) is 12.6 Å². The molecule has 4 amide bonds. The molecule has 0 aromatic heterocycles. The zero-order valence-corrected chi connectivity index (χ0v) is 15.7. The Morgan fingerprint density at radius 1 is 0.963 bits per heavy atom. The Labute approximate surface area is 160 Å². The highest BCUT2D eigenvalue weighted by atomic mass is 32.1. The highest BCUT2D eigenvalue weighted by Crippen LogP contribution is 1.98. The molecule has 5 unspecified atom stereocenters. The van der Waals surface area contributed by atoms with Gasteiger partial charge in [0.1, 0.15) is 24.2 Å². The fraction of sp³-hybridized carbons (Fsp3) is 0.643. The molecule has 9 N–H and O–H groups in total. The number of aliphatic hydroxyl groups excluding tert-OH is 1. The average Bonchev–Trinajstić information content (AvgIpc) is 2.56. The predicted molar refractivity (Wildman–Crippen MR) is 96.4 cm³/mol. The first-order chi connectivity index (χ1) is 12.4. The molecule has 12 nitrogen and oxygen atoms in total. The van der Waals surface area contributed by atoms with Crippen molar-refractivity contribution in [2.45, 2.75) is 50.5 Å². The van der Waals surface area contributed by atoms with E-state index in [-0.39, 0.29) is 5.75 Å². The molecule has 27 heavy (non-hydrogen) atoms. The van der Waals surface area contributed by atoms with Gasteiger partial charge in [-0.1, -0.05) is 0 Å². The number of hydrogen-bond acceptors (Lipinski definition) is 8. The molecule has 0 spiro atoms. The topological polar surface area (TPSA) is 214 Å². The summed E-state index contributed by atoms with van der Waals surface area (Å²) < 4.78 is 0. The fourth-order valence-corrected chi connectivity index (χ4v) is 2.01. The number of carboxylic acid groups (broad SMARTS) is 1.